The summed E-state index contributed by atoms with van der Waals surface area (Å²) in [5.74, 6) is -0.309. The molecular formula is C5H15BNO11P3. The van der Waals surface area contributed by atoms with Gasteiger partial charge in [0.05, 0.1) is 6.10 Å². The van der Waals surface area contributed by atoms with Crippen molar-refractivity contribution in [2.75, 3.05) is 6.35 Å². The van der Waals surface area contributed by atoms with Crippen molar-refractivity contribution in [2.45, 2.75) is 24.7 Å². The van der Waals surface area contributed by atoms with Gasteiger partial charge < -0.3 is 29.4 Å². The van der Waals surface area contributed by atoms with E-state index < -0.39 is 41.9 Å². The standard InChI is InChI=1S/C5H15BNO11P3/c6-5-3(8)1-4(7-5)16-2-19(9,10)17-21(14,15)18-20(11,12)13/h3-5,7-8H,1-2,6H2,(H,9,10)(H,14,15)(H2,11,12,13)/t3-,4-,5-/m1/s1. The molecule has 0 amide bonds. The first-order valence-electron chi connectivity index (χ1n) is 5.48. The molecule has 124 valence electrons. The van der Waals surface area contributed by atoms with E-state index in [1.54, 1.807) is 7.85 Å². The molecule has 12 nitrogen and oxygen atoms in total. The van der Waals surface area contributed by atoms with Gasteiger partial charge in [-0.05, 0) is 0 Å². The van der Waals surface area contributed by atoms with E-state index in [0.717, 1.165) is 0 Å². The topological polar surface area (TPSA) is 192 Å². The fraction of sp³-hybridized carbons (Fsp3) is 1.00. The second kappa shape index (κ2) is 6.88. The molecule has 0 aromatic rings. The molecule has 6 N–H and O–H groups in total. The molecule has 0 saturated carbocycles. The Labute approximate surface area is 120 Å². The smallest absolute Gasteiger partial charge is 0.392 e. The van der Waals surface area contributed by atoms with Crippen molar-refractivity contribution in [3.63, 3.8) is 0 Å². The second-order valence-electron chi connectivity index (χ2n) is 4.30. The molecule has 1 aliphatic rings. The van der Waals surface area contributed by atoms with Crippen LogP contribution in [0.15, 0.2) is 0 Å². The summed E-state index contributed by atoms with van der Waals surface area (Å²) in [6, 6.07) is 0. The molecule has 16 heteroatoms. The molecule has 1 fully saturated rings. The van der Waals surface area contributed by atoms with E-state index in [-0.39, 0.29) is 12.4 Å². The predicted octanol–water partition coefficient (Wildman–Crippen LogP) is -1.99. The van der Waals surface area contributed by atoms with Crippen molar-refractivity contribution in [1.82, 2.24) is 5.32 Å². The number of phosphoric acid groups is 2. The van der Waals surface area contributed by atoms with Crippen LogP contribution in [-0.2, 0) is 27.1 Å². The number of hydrogen-bond acceptors (Lipinski definition) is 8. The van der Waals surface area contributed by atoms with Gasteiger partial charge in [0.25, 0.3) is 0 Å². The van der Waals surface area contributed by atoms with Crippen molar-refractivity contribution >= 4 is 31.1 Å². The van der Waals surface area contributed by atoms with Crippen LogP contribution in [0.5, 0.6) is 0 Å². The largest absolute Gasteiger partial charge is 0.488 e. The van der Waals surface area contributed by atoms with Crippen LogP contribution in [0.2, 0.25) is 0 Å². The molecule has 0 aliphatic carbocycles. The monoisotopic (exact) mass is 369 g/mol. The summed E-state index contributed by atoms with van der Waals surface area (Å²) >= 11 is 0. The minimum Gasteiger partial charge on any atom is -0.392 e. The van der Waals surface area contributed by atoms with Crippen molar-refractivity contribution in [1.29, 1.82) is 0 Å². The number of hydrogen-bond donors (Lipinski definition) is 6. The van der Waals surface area contributed by atoms with E-state index in [0.29, 0.717) is 0 Å². The Bertz CT molecular complexity index is 498. The molecular weight excluding hydrogens is 354 g/mol. The van der Waals surface area contributed by atoms with Crippen LogP contribution in [0.25, 0.3) is 0 Å². The summed E-state index contributed by atoms with van der Waals surface area (Å²) < 4.78 is 45.1. The second-order valence-corrected chi connectivity index (χ2v) is 9.06. The third kappa shape index (κ3) is 7.47. The average molecular weight is 369 g/mol. The summed E-state index contributed by atoms with van der Waals surface area (Å²) in [6.07, 6.45) is -2.42. The van der Waals surface area contributed by atoms with Gasteiger partial charge >= 0.3 is 23.2 Å². The Balaban J connectivity index is 2.52. The van der Waals surface area contributed by atoms with E-state index >= 15 is 0 Å². The summed E-state index contributed by atoms with van der Waals surface area (Å²) in [4.78, 5) is 34.9. The maximum Gasteiger partial charge on any atom is 0.488 e. The van der Waals surface area contributed by atoms with E-state index in [9.17, 15) is 23.7 Å². The molecule has 0 radical (unpaired) electrons. The quantitative estimate of drug-likeness (QED) is 0.214. The maximum absolute atomic E-state index is 11.5. The third-order valence-electron chi connectivity index (χ3n) is 2.36. The number of aliphatic hydroxyl groups excluding tert-OH is 1. The van der Waals surface area contributed by atoms with Gasteiger partial charge in [-0.25, -0.2) is 13.4 Å². The minimum atomic E-state index is -5.45. The molecule has 21 heavy (non-hydrogen) atoms. The van der Waals surface area contributed by atoms with Crippen LogP contribution >= 0.6 is 23.2 Å². The van der Waals surface area contributed by atoms with Gasteiger partial charge in [-0.2, -0.15) is 4.31 Å². The first-order valence-corrected chi connectivity index (χ1v) is 10.3. The lowest BCUT2D eigenvalue weighted by Gasteiger charge is -2.18. The molecule has 0 spiro atoms. The highest BCUT2D eigenvalue weighted by Gasteiger charge is 2.40. The van der Waals surface area contributed by atoms with Gasteiger partial charge in [0.2, 0.25) is 0 Å². The summed E-state index contributed by atoms with van der Waals surface area (Å²) in [6.45, 7) is 0. The molecule has 5 atom stereocenters. The van der Waals surface area contributed by atoms with Crippen LogP contribution in [0, 0.1) is 0 Å². The Morgan fingerprint density at radius 3 is 2.14 bits per heavy atom. The number of aliphatic hydroxyl groups is 1. The summed E-state index contributed by atoms with van der Waals surface area (Å²) in [5.41, 5.74) is 0. The van der Waals surface area contributed by atoms with Crippen molar-refractivity contribution in [3.8, 4) is 0 Å². The third-order valence-corrected chi connectivity index (χ3v) is 6.36. The molecule has 0 aromatic heterocycles. The van der Waals surface area contributed by atoms with Gasteiger partial charge in [-0.15, -0.1) is 0 Å². The number of ether oxygens (including phenoxy) is 1. The number of nitrogens with one attached hydrogen (secondary N) is 1. The Morgan fingerprint density at radius 1 is 1.14 bits per heavy atom. The summed E-state index contributed by atoms with van der Waals surface area (Å²) in [7, 11) is -14.0. The Hall–Kier alpha value is 0.395. The van der Waals surface area contributed by atoms with Crippen LogP contribution in [0.4, 0.5) is 0 Å². The lowest BCUT2D eigenvalue weighted by molar-refractivity contribution is 0.0543. The molecule has 1 saturated heterocycles. The van der Waals surface area contributed by atoms with Crippen LogP contribution in [0.3, 0.4) is 0 Å². The van der Waals surface area contributed by atoms with Crippen molar-refractivity contribution in [2.24, 2.45) is 0 Å². The molecule has 0 aromatic carbocycles. The maximum atomic E-state index is 11.5. The van der Waals surface area contributed by atoms with Gasteiger partial charge in [0, 0.05) is 12.4 Å². The first-order chi connectivity index (χ1) is 9.30. The fourth-order valence-electron chi connectivity index (χ4n) is 1.53. The van der Waals surface area contributed by atoms with Gasteiger partial charge in [0.15, 0.2) is 6.35 Å². The minimum absolute atomic E-state index is 0.122. The molecule has 1 aliphatic heterocycles. The molecule has 1 rings (SSSR count). The lowest BCUT2D eigenvalue weighted by Crippen LogP contribution is -2.34. The molecule has 0 bridgehead atoms. The van der Waals surface area contributed by atoms with Gasteiger partial charge in [0.1, 0.15) is 14.1 Å². The highest BCUT2D eigenvalue weighted by Crippen LogP contribution is 2.65. The SMILES string of the molecule is B[C@@H]1N[C@H](OCP(=O)(O)OP(=O)(O)OP(=O)(O)O)C[C@H]1O. The van der Waals surface area contributed by atoms with Crippen LogP contribution < -0.4 is 5.32 Å². The lowest BCUT2D eigenvalue weighted by atomic mass is 9.93. The fourth-order valence-corrected chi connectivity index (χ4v) is 4.84. The molecule has 2 unspecified atom stereocenters. The zero-order valence-corrected chi connectivity index (χ0v) is 13.4. The van der Waals surface area contributed by atoms with Crippen LogP contribution in [0.1, 0.15) is 6.42 Å². The van der Waals surface area contributed by atoms with Crippen molar-refractivity contribution in [3.05, 3.63) is 0 Å². The van der Waals surface area contributed by atoms with E-state index in [1.165, 1.54) is 0 Å². The number of rotatable bonds is 7. The van der Waals surface area contributed by atoms with Gasteiger partial charge in [-0.3, -0.25) is 9.88 Å². The van der Waals surface area contributed by atoms with E-state index in [1.807, 2.05) is 0 Å². The normalized spacial score (nSPS) is 32.5. The van der Waals surface area contributed by atoms with Crippen molar-refractivity contribution < 1.29 is 51.7 Å². The van der Waals surface area contributed by atoms with E-state index in [4.69, 9.17) is 19.4 Å². The average Bonchev–Trinajstić information content (AvgIpc) is 2.50. The zero-order chi connectivity index (χ0) is 16.5. The molecule has 1 heterocycles. The van der Waals surface area contributed by atoms with Gasteiger partial charge in [-0.1, -0.05) is 0 Å². The first kappa shape index (κ1) is 19.4. The highest BCUT2D eigenvalue weighted by molar-refractivity contribution is 7.68. The zero-order valence-electron chi connectivity index (χ0n) is 10.7. The Kier molecular flexibility index (Phi) is 6.37. The summed E-state index contributed by atoms with van der Waals surface area (Å²) in [5, 5.41) is 12.1. The highest BCUT2D eigenvalue weighted by atomic mass is 31.3. The van der Waals surface area contributed by atoms with Crippen LogP contribution in [-0.4, -0.2) is 57.1 Å². The predicted molar refractivity (Wildman–Crippen MR) is 69.7 cm³/mol. The van der Waals surface area contributed by atoms with E-state index in [2.05, 4.69) is 13.9 Å². The Morgan fingerprint density at radius 2 is 1.71 bits per heavy atom.